The van der Waals surface area contributed by atoms with Gasteiger partial charge in [0, 0.05) is 11.3 Å². The van der Waals surface area contributed by atoms with Crippen LogP contribution in [0.3, 0.4) is 0 Å². The molecule has 0 atom stereocenters. The number of aromatic nitrogens is 3. The average Bonchev–Trinajstić information content (AvgIpc) is 3.13. The largest absolute Gasteiger partial charge is 0.497 e. The fourth-order valence-corrected chi connectivity index (χ4v) is 2.76. The fourth-order valence-electron chi connectivity index (χ4n) is 2.76. The van der Waals surface area contributed by atoms with Gasteiger partial charge in [0.25, 0.3) is 0 Å². The molecular weight excluding hydrogens is 324 g/mol. The van der Waals surface area contributed by atoms with E-state index in [4.69, 9.17) is 4.74 Å². The summed E-state index contributed by atoms with van der Waals surface area (Å²) in [5.74, 6) is 2.23. The maximum absolute atomic E-state index is 5.25. The van der Waals surface area contributed by atoms with E-state index in [9.17, 15) is 0 Å². The van der Waals surface area contributed by atoms with Gasteiger partial charge in [-0.15, -0.1) is 10.2 Å². The number of nitrogens with zero attached hydrogens (tertiary/aromatic N) is 3. The Hall–Kier alpha value is -3.60. The van der Waals surface area contributed by atoms with Crippen LogP contribution in [0.25, 0.3) is 17.1 Å². The van der Waals surface area contributed by atoms with Crippen LogP contribution >= 0.6 is 0 Å². The normalized spacial score (nSPS) is 10.5. The van der Waals surface area contributed by atoms with Crippen LogP contribution in [-0.2, 0) is 0 Å². The van der Waals surface area contributed by atoms with Crippen LogP contribution < -0.4 is 10.1 Å². The Morgan fingerprint density at radius 3 is 2.08 bits per heavy atom. The topological polar surface area (TPSA) is 52.0 Å². The molecule has 5 heteroatoms. The summed E-state index contributed by atoms with van der Waals surface area (Å²) in [4.78, 5) is 0. The summed E-state index contributed by atoms with van der Waals surface area (Å²) in [6, 6.07) is 27.8. The molecule has 0 spiro atoms. The summed E-state index contributed by atoms with van der Waals surface area (Å²) in [5.41, 5.74) is 2.91. The van der Waals surface area contributed by atoms with Gasteiger partial charge in [0.2, 0.25) is 5.95 Å². The first kappa shape index (κ1) is 15.9. The molecule has 4 rings (SSSR count). The zero-order valence-corrected chi connectivity index (χ0v) is 14.3. The van der Waals surface area contributed by atoms with Crippen LogP contribution in [0.2, 0.25) is 0 Å². The predicted octanol–water partition coefficient (Wildman–Crippen LogP) is 4.69. The number of rotatable bonds is 5. The molecule has 4 aromatic rings. The maximum atomic E-state index is 5.25. The van der Waals surface area contributed by atoms with E-state index in [2.05, 4.69) is 15.5 Å². The number of ether oxygens (including phenoxy) is 1. The minimum Gasteiger partial charge on any atom is -0.497 e. The SMILES string of the molecule is COc1ccc(-c2nnc(Nc3ccccc3)n2-c2ccccc2)cc1. The molecule has 0 fully saturated rings. The van der Waals surface area contributed by atoms with Gasteiger partial charge in [0.05, 0.1) is 12.8 Å². The molecular formula is C21H18N4O. The fraction of sp³-hybridized carbons (Fsp3) is 0.0476. The van der Waals surface area contributed by atoms with E-state index < -0.39 is 0 Å². The molecule has 0 saturated heterocycles. The van der Waals surface area contributed by atoms with Gasteiger partial charge in [0.15, 0.2) is 5.82 Å². The van der Waals surface area contributed by atoms with Gasteiger partial charge in [-0.1, -0.05) is 36.4 Å². The molecule has 0 aliphatic carbocycles. The third-order valence-electron chi connectivity index (χ3n) is 4.06. The highest BCUT2D eigenvalue weighted by Gasteiger charge is 2.15. The molecule has 128 valence electrons. The molecule has 0 aliphatic rings. The van der Waals surface area contributed by atoms with Crippen molar-refractivity contribution in [2.75, 3.05) is 12.4 Å². The van der Waals surface area contributed by atoms with Crippen molar-refractivity contribution >= 4 is 11.6 Å². The molecule has 0 radical (unpaired) electrons. The van der Waals surface area contributed by atoms with Crippen LogP contribution in [-0.4, -0.2) is 21.9 Å². The van der Waals surface area contributed by atoms with Crippen LogP contribution in [0.5, 0.6) is 5.75 Å². The van der Waals surface area contributed by atoms with E-state index in [-0.39, 0.29) is 0 Å². The molecule has 26 heavy (non-hydrogen) atoms. The third-order valence-corrected chi connectivity index (χ3v) is 4.06. The summed E-state index contributed by atoms with van der Waals surface area (Å²) in [6.07, 6.45) is 0. The lowest BCUT2D eigenvalue weighted by Crippen LogP contribution is -2.03. The lowest BCUT2D eigenvalue weighted by atomic mass is 10.2. The monoisotopic (exact) mass is 342 g/mol. The quantitative estimate of drug-likeness (QED) is 0.572. The molecule has 0 aliphatic heterocycles. The number of para-hydroxylation sites is 2. The Kier molecular flexibility index (Phi) is 4.35. The van der Waals surface area contributed by atoms with Crippen molar-refractivity contribution in [1.82, 2.24) is 14.8 Å². The van der Waals surface area contributed by atoms with Crippen molar-refractivity contribution in [1.29, 1.82) is 0 Å². The van der Waals surface area contributed by atoms with E-state index >= 15 is 0 Å². The van der Waals surface area contributed by atoms with E-state index in [0.29, 0.717) is 5.95 Å². The second kappa shape index (κ2) is 7.11. The number of hydrogen-bond acceptors (Lipinski definition) is 4. The van der Waals surface area contributed by atoms with E-state index in [0.717, 1.165) is 28.5 Å². The molecule has 0 saturated carbocycles. The number of hydrogen-bond donors (Lipinski definition) is 1. The molecule has 1 N–H and O–H groups in total. The minimum absolute atomic E-state index is 0.660. The lowest BCUT2D eigenvalue weighted by Gasteiger charge is -2.12. The second-order valence-corrected chi connectivity index (χ2v) is 5.74. The Morgan fingerprint density at radius 2 is 1.42 bits per heavy atom. The molecule has 1 heterocycles. The van der Waals surface area contributed by atoms with Crippen molar-refractivity contribution in [2.24, 2.45) is 0 Å². The molecule has 1 aromatic heterocycles. The summed E-state index contributed by atoms with van der Waals surface area (Å²) in [7, 11) is 1.66. The Labute approximate surface area is 151 Å². The number of methoxy groups -OCH3 is 1. The summed E-state index contributed by atoms with van der Waals surface area (Å²) in [5, 5.41) is 12.1. The Morgan fingerprint density at radius 1 is 0.769 bits per heavy atom. The average molecular weight is 342 g/mol. The van der Waals surface area contributed by atoms with E-state index in [1.54, 1.807) is 7.11 Å². The Balaban J connectivity index is 1.81. The van der Waals surface area contributed by atoms with Crippen molar-refractivity contribution < 1.29 is 4.74 Å². The lowest BCUT2D eigenvalue weighted by molar-refractivity contribution is 0.415. The van der Waals surface area contributed by atoms with Crippen LogP contribution in [0, 0.1) is 0 Å². The highest BCUT2D eigenvalue weighted by molar-refractivity contribution is 5.65. The minimum atomic E-state index is 0.660. The number of benzene rings is 3. The summed E-state index contributed by atoms with van der Waals surface area (Å²) < 4.78 is 7.26. The first-order valence-corrected chi connectivity index (χ1v) is 8.32. The van der Waals surface area contributed by atoms with Gasteiger partial charge in [-0.2, -0.15) is 0 Å². The molecule has 0 bridgehead atoms. The van der Waals surface area contributed by atoms with Gasteiger partial charge in [-0.05, 0) is 48.5 Å². The van der Waals surface area contributed by atoms with Gasteiger partial charge in [-0.3, -0.25) is 4.57 Å². The van der Waals surface area contributed by atoms with Crippen molar-refractivity contribution in [3.8, 4) is 22.8 Å². The molecule has 0 unspecified atom stereocenters. The van der Waals surface area contributed by atoms with Crippen LogP contribution in [0.1, 0.15) is 0 Å². The highest BCUT2D eigenvalue weighted by atomic mass is 16.5. The standard InChI is InChI=1S/C21H18N4O/c1-26-19-14-12-16(13-15-19)20-23-24-21(22-17-8-4-2-5-9-17)25(20)18-10-6-3-7-11-18/h2-15H,1H3,(H,22,24). The first-order chi connectivity index (χ1) is 12.8. The van der Waals surface area contributed by atoms with E-state index in [1.807, 2.05) is 89.5 Å². The predicted molar refractivity (Wildman–Crippen MR) is 103 cm³/mol. The third kappa shape index (κ3) is 3.15. The smallest absolute Gasteiger partial charge is 0.234 e. The van der Waals surface area contributed by atoms with Crippen LogP contribution in [0.4, 0.5) is 11.6 Å². The van der Waals surface area contributed by atoms with Crippen LogP contribution in [0.15, 0.2) is 84.9 Å². The van der Waals surface area contributed by atoms with Gasteiger partial charge in [-0.25, -0.2) is 0 Å². The van der Waals surface area contributed by atoms with Crippen molar-refractivity contribution in [2.45, 2.75) is 0 Å². The zero-order valence-electron chi connectivity index (χ0n) is 14.3. The second-order valence-electron chi connectivity index (χ2n) is 5.74. The highest BCUT2D eigenvalue weighted by Crippen LogP contribution is 2.28. The van der Waals surface area contributed by atoms with Crippen molar-refractivity contribution in [3.05, 3.63) is 84.9 Å². The van der Waals surface area contributed by atoms with Gasteiger partial charge >= 0.3 is 0 Å². The summed E-state index contributed by atoms with van der Waals surface area (Å²) >= 11 is 0. The van der Waals surface area contributed by atoms with Crippen molar-refractivity contribution in [3.63, 3.8) is 0 Å². The van der Waals surface area contributed by atoms with Gasteiger partial charge < -0.3 is 10.1 Å². The zero-order chi connectivity index (χ0) is 17.8. The van der Waals surface area contributed by atoms with E-state index in [1.165, 1.54) is 0 Å². The summed E-state index contributed by atoms with van der Waals surface area (Å²) in [6.45, 7) is 0. The molecule has 3 aromatic carbocycles. The molecule has 0 amide bonds. The number of nitrogens with one attached hydrogen (secondary N) is 1. The Bertz CT molecular complexity index is 980. The van der Waals surface area contributed by atoms with Gasteiger partial charge in [0.1, 0.15) is 5.75 Å². The first-order valence-electron chi connectivity index (χ1n) is 8.32. The number of anilines is 2. The molecule has 5 nitrogen and oxygen atoms in total. The maximum Gasteiger partial charge on any atom is 0.234 e.